The van der Waals surface area contributed by atoms with E-state index in [-0.39, 0.29) is 12.5 Å². The summed E-state index contributed by atoms with van der Waals surface area (Å²) in [5, 5.41) is 2.58. The van der Waals surface area contributed by atoms with Crippen LogP contribution in [-0.4, -0.2) is 37.3 Å². The van der Waals surface area contributed by atoms with Gasteiger partial charge in [0.15, 0.2) is 6.29 Å². The third-order valence-corrected chi connectivity index (χ3v) is 2.34. The molecule has 5 nitrogen and oxygen atoms in total. The van der Waals surface area contributed by atoms with Crippen LogP contribution in [0.4, 0.5) is 5.82 Å². The summed E-state index contributed by atoms with van der Waals surface area (Å²) in [6, 6.07) is 3.45. The van der Waals surface area contributed by atoms with Crippen LogP contribution in [0.3, 0.4) is 0 Å². The summed E-state index contributed by atoms with van der Waals surface area (Å²) in [6.07, 6.45) is 3.18. The van der Waals surface area contributed by atoms with Crippen molar-refractivity contribution in [2.75, 3.05) is 25.0 Å². The molecule has 17 heavy (non-hydrogen) atoms. The van der Waals surface area contributed by atoms with E-state index in [4.69, 9.17) is 0 Å². The van der Waals surface area contributed by atoms with E-state index in [1.54, 1.807) is 19.2 Å². The number of anilines is 1. The average Bonchev–Trinajstić information content (AvgIpc) is 2.38. The Hall–Kier alpha value is -1.91. The Kier molecular flexibility index (Phi) is 5.13. The molecule has 0 fully saturated rings. The molecule has 0 saturated carbocycles. The topological polar surface area (TPSA) is 62.3 Å². The first-order valence-corrected chi connectivity index (χ1v) is 5.58. The molecular weight excluding hydrogens is 218 g/mol. The molecule has 5 heteroatoms. The monoisotopic (exact) mass is 235 g/mol. The highest BCUT2D eigenvalue weighted by atomic mass is 16.2. The van der Waals surface area contributed by atoms with E-state index < -0.39 is 0 Å². The van der Waals surface area contributed by atoms with Crippen molar-refractivity contribution in [3.8, 4) is 0 Å². The van der Waals surface area contributed by atoms with Gasteiger partial charge in [-0.25, -0.2) is 4.98 Å². The zero-order valence-electron chi connectivity index (χ0n) is 10.1. The van der Waals surface area contributed by atoms with Gasteiger partial charge in [0.1, 0.15) is 5.82 Å². The van der Waals surface area contributed by atoms with Crippen molar-refractivity contribution in [1.82, 2.24) is 10.3 Å². The molecule has 0 aliphatic rings. The predicted molar refractivity (Wildman–Crippen MR) is 66.2 cm³/mol. The van der Waals surface area contributed by atoms with E-state index in [1.165, 1.54) is 6.20 Å². The van der Waals surface area contributed by atoms with Gasteiger partial charge in [0.25, 0.3) is 0 Å². The van der Waals surface area contributed by atoms with E-state index >= 15 is 0 Å². The van der Waals surface area contributed by atoms with Crippen LogP contribution < -0.4 is 10.2 Å². The molecule has 0 aliphatic heterocycles. The first kappa shape index (κ1) is 13.2. The van der Waals surface area contributed by atoms with Crippen LogP contribution in [0.1, 0.15) is 23.7 Å². The van der Waals surface area contributed by atoms with E-state index in [0.717, 1.165) is 19.3 Å². The van der Waals surface area contributed by atoms with Crippen molar-refractivity contribution in [2.24, 2.45) is 0 Å². The summed E-state index contributed by atoms with van der Waals surface area (Å²) in [5.41, 5.74) is 0.533. The van der Waals surface area contributed by atoms with Crippen LogP contribution in [0.5, 0.6) is 0 Å². The van der Waals surface area contributed by atoms with Gasteiger partial charge in [-0.3, -0.25) is 9.59 Å². The molecule has 0 radical (unpaired) electrons. The van der Waals surface area contributed by atoms with Gasteiger partial charge in [0.2, 0.25) is 5.91 Å². The van der Waals surface area contributed by atoms with Crippen molar-refractivity contribution in [3.63, 3.8) is 0 Å². The largest absolute Gasteiger partial charge is 0.358 e. The van der Waals surface area contributed by atoms with Crippen LogP contribution >= 0.6 is 0 Å². The number of nitrogens with zero attached hydrogens (tertiary/aromatic N) is 2. The number of carbonyl (C=O) groups is 2. The molecule has 1 heterocycles. The number of nitrogens with one attached hydrogen (secondary N) is 1. The maximum Gasteiger partial charge on any atom is 0.239 e. The second kappa shape index (κ2) is 6.62. The van der Waals surface area contributed by atoms with Crippen molar-refractivity contribution in [1.29, 1.82) is 0 Å². The Bertz CT molecular complexity index is 376. The lowest BCUT2D eigenvalue weighted by Crippen LogP contribution is -2.36. The number of aldehydes is 1. The molecule has 1 aromatic heterocycles. The van der Waals surface area contributed by atoms with Gasteiger partial charge in [-0.2, -0.15) is 0 Å². The first-order chi connectivity index (χ1) is 8.21. The maximum absolute atomic E-state index is 11.4. The third-order valence-electron chi connectivity index (χ3n) is 2.34. The molecule has 0 atom stereocenters. The quantitative estimate of drug-likeness (QED) is 0.743. The van der Waals surface area contributed by atoms with Crippen LogP contribution in [0.2, 0.25) is 0 Å². The molecule has 1 N–H and O–H groups in total. The predicted octanol–water partition coefficient (Wildman–Crippen LogP) is 0.856. The third kappa shape index (κ3) is 3.86. The number of likely N-dealkylation sites (N-methyl/N-ethyl adjacent to an activating group) is 1. The van der Waals surface area contributed by atoms with Crippen molar-refractivity contribution >= 4 is 18.0 Å². The Labute approximate surface area is 101 Å². The molecule has 0 saturated heterocycles. The molecule has 92 valence electrons. The molecule has 1 rings (SSSR count). The number of amides is 1. The van der Waals surface area contributed by atoms with E-state index in [1.807, 2.05) is 11.8 Å². The fourth-order valence-electron chi connectivity index (χ4n) is 1.45. The van der Waals surface area contributed by atoms with Gasteiger partial charge in [0.05, 0.1) is 6.54 Å². The number of aromatic nitrogens is 1. The summed E-state index contributed by atoms with van der Waals surface area (Å²) in [5.74, 6) is 0.653. The molecule has 0 bridgehead atoms. The van der Waals surface area contributed by atoms with Crippen molar-refractivity contribution < 1.29 is 9.59 Å². The van der Waals surface area contributed by atoms with E-state index in [9.17, 15) is 9.59 Å². The summed E-state index contributed by atoms with van der Waals surface area (Å²) in [6.45, 7) is 3.06. The van der Waals surface area contributed by atoms with Gasteiger partial charge in [-0.05, 0) is 18.6 Å². The zero-order valence-corrected chi connectivity index (χ0v) is 10.1. The number of hydrogen-bond acceptors (Lipinski definition) is 4. The number of rotatable bonds is 6. The normalized spacial score (nSPS) is 9.76. The molecular formula is C12H17N3O2. The van der Waals surface area contributed by atoms with Crippen molar-refractivity contribution in [3.05, 3.63) is 23.9 Å². The van der Waals surface area contributed by atoms with Crippen LogP contribution in [0, 0.1) is 0 Å². The Morgan fingerprint density at radius 1 is 1.53 bits per heavy atom. The molecule has 0 aromatic carbocycles. The molecule has 0 unspecified atom stereocenters. The Balaban J connectivity index is 2.80. The highest BCUT2D eigenvalue weighted by Crippen LogP contribution is 2.10. The summed E-state index contributed by atoms with van der Waals surface area (Å²) in [4.78, 5) is 27.9. The highest BCUT2D eigenvalue weighted by Gasteiger charge is 2.10. The van der Waals surface area contributed by atoms with Gasteiger partial charge >= 0.3 is 0 Å². The molecule has 1 amide bonds. The van der Waals surface area contributed by atoms with Crippen LogP contribution in [0.25, 0.3) is 0 Å². The fourth-order valence-corrected chi connectivity index (χ4v) is 1.45. The van der Waals surface area contributed by atoms with Crippen molar-refractivity contribution in [2.45, 2.75) is 13.3 Å². The average molecular weight is 235 g/mol. The number of pyridine rings is 1. The lowest BCUT2D eigenvalue weighted by Gasteiger charge is -2.22. The SMILES string of the molecule is CCCN(CC(=O)NC)c1ccc(C=O)cn1. The van der Waals surface area contributed by atoms with E-state index in [0.29, 0.717) is 11.4 Å². The van der Waals surface area contributed by atoms with Crippen LogP contribution in [-0.2, 0) is 4.79 Å². The minimum atomic E-state index is -0.0558. The van der Waals surface area contributed by atoms with Gasteiger partial charge in [0, 0.05) is 25.4 Å². The van der Waals surface area contributed by atoms with Gasteiger partial charge < -0.3 is 10.2 Å². The lowest BCUT2D eigenvalue weighted by molar-refractivity contribution is -0.119. The summed E-state index contributed by atoms with van der Waals surface area (Å²) in [7, 11) is 1.61. The second-order valence-electron chi connectivity index (χ2n) is 3.66. The summed E-state index contributed by atoms with van der Waals surface area (Å²) < 4.78 is 0. The molecule has 0 aliphatic carbocycles. The maximum atomic E-state index is 11.4. The van der Waals surface area contributed by atoms with Gasteiger partial charge in [-0.15, -0.1) is 0 Å². The minimum Gasteiger partial charge on any atom is -0.358 e. The standard InChI is InChI=1S/C12H17N3O2/c1-3-6-15(8-12(17)13-2)11-5-4-10(9-16)7-14-11/h4-5,7,9H,3,6,8H2,1-2H3,(H,13,17). The zero-order chi connectivity index (χ0) is 12.7. The Morgan fingerprint density at radius 2 is 2.29 bits per heavy atom. The Morgan fingerprint density at radius 3 is 2.76 bits per heavy atom. The molecule has 0 spiro atoms. The van der Waals surface area contributed by atoms with Crippen LogP contribution in [0.15, 0.2) is 18.3 Å². The summed E-state index contributed by atoms with van der Waals surface area (Å²) >= 11 is 0. The first-order valence-electron chi connectivity index (χ1n) is 5.58. The fraction of sp³-hybridized carbons (Fsp3) is 0.417. The van der Waals surface area contributed by atoms with E-state index in [2.05, 4.69) is 10.3 Å². The highest BCUT2D eigenvalue weighted by molar-refractivity contribution is 5.81. The smallest absolute Gasteiger partial charge is 0.239 e. The second-order valence-corrected chi connectivity index (χ2v) is 3.66. The number of carbonyl (C=O) groups excluding carboxylic acids is 2. The lowest BCUT2D eigenvalue weighted by atomic mass is 10.3. The number of hydrogen-bond donors (Lipinski definition) is 1. The minimum absolute atomic E-state index is 0.0558. The molecule has 1 aromatic rings. The van der Waals surface area contributed by atoms with Gasteiger partial charge in [-0.1, -0.05) is 6.92 Å².